The molecule has 5 rings (SSSR count). The summed E-state index contributed by atoms with van der Waals surface area (Å²) in [6.45, 7) is -2.00. The van der Waals surface area contributed by atoms with Crippen LogP contribution in [0.1, 0.15) is 17.3 Å². The minimum absolute atomic E-state index is 0.0214. The molecular weight excluding hydrogens is 638 g/mol. The molecule has 9 atom stereocenters. The van der Waals surface area contributed by atoms with Crippen LogP contribution in [-0.2, 0) is 25.6 Å². The molecule has 2 aliphatic rings. The molecule has 0 bridgehead atoms. The van der Waals surface area contributed by atoms with Crippen molar-refractivity contribution in [2.45, 2.75) is 47.4 Å². The van der Waals surface area contributed by atoms with E-state index >= 15 is 4.39 Å². The fourth-order valence-corrected chi connectivity index (χ4v) is 7.37. The van der Waals surface area contributed by atoms with Crippen LogP contribution < -0.4 is 17.0 Å². The average molecular weight is 665 g/mol. The highest BCUT2D eigenvalue weighted by atomic mass is 32.5. The highest BCUT2D eigenvalue weighted by molar-refractivity contribution is 8.07. The van der Waals surface area contributed by atoms with Crippen LogP contribution in [0, 0.1) is 0 Å². The second-order valence-corrected chi connectivity index (χ2v) is 13.4. The molecule has 9 N–H and O–H groups in total. The average Bonchev–Trinajstić information content (AvgIpc) is 3.72. The number of aromatic amines is 1. The van der Waals surface area contributed by atoms with Crippen molar-refractivity contribution in [3.63, 3.8) is 0 Å². The van der Waals surface area contributed by atoms with Crippen molar-refractivity contribution in [2.75, 3.05) is 26.0 Å². The Hall–Kier alpha value is -2.99. The number of H-pyrrole nitrogens is 1. The maximum absolute atomic E-state index is 15.1. The number of aliphatic imine (C=N–C) groups is 2. The summed E-state index contributed by atoms with van der Waals surface area (Å²) in [4.78, 5) is 37.0. The van der Waals surface area contributed by atoms with Crippen LogP contribution in [0.4, 0.5) is 16.2 Å². The third kappa shape index (κ3) is 5.80. The number of nitrogens with two attached hydrogens (primary N) is 2. The van der Waals surface area contributed by atoms with Gasteiger partial charge >= 0.3 is 6.72 Å². The Morgan fingerprint density at radius 3 is 2.72 bits per heavy atom. The summed E-state index contributed by atoms with van der Waals surface area (Å²) in [7, 11) is 1.40. The van der Waals surface area contributed by atoms with E-state index in [2.05, 4.69) is 47.3 Å². The van der Waals surface area contributed by atoms with E-state index in [4.69, 9.17) is 37.1 Å². The Bertz CT molecular complexity index is 1650. The van der Waals surface area contributed by atoms with Crippen molar-refractivity contribution in [2.24, 2.45) is 15.7 Å². The monoisotopic (exact) mass is 664 g/mol. The van der Waals surface area contributed by atoms with Gasteiger partial charge in [-0.15, -0.1) is 22.0 Å². The molecule has 2 saturated heterocycles. The number of hydrogen-bond acceptors (Lipinski definition) is 17. The number of nitrogens with zero attached hydrogens (tertiary/aromatic N) is 9. The minimum Gasteiger partial charge on any atom is -0.395 e. The number of halogens is 1. The number of thioether (sulfide) groups is 1. The molecule has 1 unspecified atom stereocenters. The van der Waals surface area contributed by atoms with Gasteiger partial charge in [0.05, 0.1) is 24.6 Å². The minimum atomic E-state index is -4.26. The first-order chi connectivity index (χ1) is 20.4. The number of nitrogens with one attached hydrogen (secondary N) is 1. The maximum Gasteiger partial charge on any atom is 0.325 e. The summed E-state index contributed by atoms with van der Waals surface area (Å²) in [6, 6.07) is 0. The van der Waals surface area contributed by atoms with Crippen LogP contribution in [0.3, 0.4) is 0 Å². The molecule has 5 heterocycles. The molecule has 0 saturated carbocycles. The van der Waals surface area contributed by atoms with Crippen molar-refractivity contribution in [1.82, 2.24) is 40.0 Å². The van der Waals surface area contributed by atoms with E-state index in [1.54, 1.807) is 0 Å². The molecule has 0 spiro atoms. The Kier molecular flexibility index (Phi) is 8.91. The van der Waals surface area contributed by atoms with Gasteiger partial charge in [-0.25, -0.2) is 14.1 Å². The molecule has 0 amide bonds. The predicted molar refractivity (Wildman–Crippen MR) is 152 cm³/mol. The molecule has 0 radical (unpaired) electrons. The number of hydrogen-bond donors (Lipinski definition) is 7. The normalized spacial score (nSPS) is 31.1. The number of ether oxygens (including phenoxy) is 1. The number of aromatic nitrogens is 8. The van der Waals surface area contributed by atoms with E-state index in [-0.39, 0.29) is 34.5 Å². The third-order valence-corrected chi connectivity index (χ3v) is 9.67. The molecular formula is C19H26FN12O8PS2. The number of aliphatic hydroxyl groups is 3. The van der Waals surface area contributed by atoms with E-state index in [0.717, 1.165) is 21.1 Å². The lowest BCUT2D eigenvalue weighted by atomic mass is 10.1. The summed E-state index contributed by atoms with van der Waals surface area (Å²) < 4.78 is 33.8. The van der Waals surface area contributed by atoms with E-state index in [0.29, 0.717) is 0 Å². The van der Waals surface area contributed by atoms with Crippen molar-refractivity contribution in [3.8, 4) is 0 Å². The number of rotatable bonds is 10. The van der Waals surface area contributed by atoms with Gasteiger partial charge in [0.2, 0.25) is 5.95 Å². The van der Waals surface area contributed by atoms with Crippen LogP contribution in [-0.4, -0.2) is 129 Å². The summed E-state index contributed by atoms with van der Waals surface area (Å²) in [5, 5.41) is 44.6. The van der Waals surface area contributed by atoms with Crippen LogP contribution in [0.15, 0.2) is 14.8 Å². The van der Waals surface area contributed by atoms with Crippen LogP contribution in [0.25, 0.3) is 11.2 Å². The SMILES string of the molecule is C=Nc1c(C(N)=NC)nnn1[C@@H]1O[C@H](COP(O)(=S)O[C@@H]2[C@H](O)[C@@H](CO)S[C@H]2n2nnc3c(=O)[nH]c(N)nc32)[C@@H](O)[C@@H]1F. The van der Waals surface area contributed by atoms with E-state index in [9.17, 15) is 25.0 Å². The Morgan fingerprint density at radius 2 is 2.05 bits per heavy atom. The zero-order valence-electron chi connectivity index (χ0n) is 22.0. The lowest BCUT2D eigenvalue weighted by Crippen LogP contribution is -2.36. The van der Waals surface area contributed by atoms with Crippen LogP contribution >= 0.6 is 18.5 Å². The standard InChI is InChI=1S/C19H26FN12O8PS2/c1-23-13(21)8-14(24-2)31(29-27-8)17-7(20)10(34)5(39-17)4-38-41(37,42)40-12-11(35)6(3-33)43-18(12)32-15-9(28-30-32)16(36)26-19(22)25-15/h5-7,10-12,17-18,33-35H,2-4H2,1H3,(H2,21,23)(H,37,42)(H3,22,25,26,36)/t5-,6-,7+,10-,11-,12-,17-,18-,41?/m1/s1. The highest BCUT2D eigenvalue weighted by Crippen LogP contribution is 2.53. The van der Waals surface area contributed by atoms with E-state index in [1.165, 1.54) is 7.05 Å². The van der Waals surface area contributed by atoms with Crippen molar-refractivity contribution >= 4 is 65.8 Å². The van der Waals surface area contributed by atoms with Gasteiger partial charge in [-0.05, 0) is 18.5 Å². The van der Waals surface area contributed by atoms with Gasteiger partial charge in [-0.1, -0.05) is 10.4 Å². The number of nitrogen functional groups attached to an aromatic ring is 1. The molecule has 43 heavy (non-hydrogen) atoms. The number of amidine groups is 1. The van der Waals surface area contributed by atoms with Gasteiger partial charge in [0, 0.05) is 7.05 Å². The highest BCUT2D eigenvalue weighted by Gasteiger charge is 2.50. The molecule has 0 aliphatic carbocycles. The maximum atomic E-state index is 15.1. The summed E-state index contributed by atoms with van der Waals surface area (Å²) in [5.74, 6) is -0.327. The largest absolute Gasteiger partial charge is 0.395 e. The predicted octanol–water partition coefficient (Wildman–Crippen LogP) is -2.76. The zero-order chi connectivity index (χ0) is 31.2. The number of fused-ring (bicyclic) bond motifs is 1. The third-order valence-electron chi connectivity index (χ3n) is 6.58. The van der Waals surface area contributed by atoms with E-state index in [1.807, 2.05) is 0 Å². The Labute approximate surface area is 249 Å². The van der Waals surface area contributed by atoms with Gasteiger partial charge in [0.25, 0.3) is 5.56 Å². The molecule has 3 aromatic rings. The molecule has 2 fully saturated rings. The first kappa shape index (κ1) is 31.4. The fraction of sp³-hybridized carbons (Fsp3) is 0.579. The number of anilines is 1. The second-order valence-electron chi connectivity index (χ2n) is 9.20. The summed E-state index contributed by atoms with van der Waals surface area (Å²) in [5.41, 5.74) is 10.6. The first-order valence-corrected chi connectivity index (χ1v) is 15.8. The Morgan fingerprint density at radius 1 is 1.33 bits per heavy atom. The first-order valence-electron chi connectivity index (χ1n) is 12.2. The summed E-state index contributed by atoms with van der Waals surface area (Å²) in [6.07, 6.45) is -9.48. The number of alkyl halides is 1. The topological polar surface area (TPSA) is 293 Å². The zero-order valence-corrected chi connectivity index (χ0v) is 24.5. The lowest BCUT2D eigenvalue weighted by Gasteiger charge is -2.27. The molecule has 24 heteroatoms. The van der Waals surface area contributed by atoms with Crippen molar-refractivity contribution in [3.05, 3.63) is 16.0 Å². The van der Waals surface area contributed by atoms with Gasteiger partial charge in [0.1, 0.15) is 29.5 Å². The van der Waals surface area contributed by atoms with Crippen molar-refractivity contribution < 1.29 is 38.4 Å². The molecule has 2 aliphatic heterocycles. The molecule has 0 aromatic carbocycles. The second kappa shape index (κ2) is 12.2. The molecule has 3 aromatic heterocycles. The fourth-order valence-electron chi connectivity index (χ4n) is 4.48. The van der Waals surface area contributed by atoms with Gasteiger partial charge in [-0.2, -0.15) is 9.67 Å². The van der Waals surface area contributed by atoms with Gasteiger partial charge < -0.3 is 40.9 Å². The Balaban J connectivity index is 1.32. The van der Waals surface area contributed by atoms with Crippen LogP contribution in [0.2, 0.25) is 0 Å². The number of aliphatic hydroxyl groups excluding tert-OH is 3. The quantitative estimate of drug-likeness (QED) is 0.0656. The molecule has 234 valence electrons. The molecule has 20 nitrogen and oxygen atoms in total. The van der Waals surface area contributed by atoms with Gasteiger partial charge in [0.15, 0.2) is 35.1 Å². The lowest BCUT2D eigenvalue weighted by molar-refractivity contribution is -0.0533. The summed E-state index contributed by atoms with van der Waals surface area (Å²) >= 11 is 6.12. The van der Waals surface area contributed by atoms with Crippen molar-refractivity contribution in [1.29, 1.82) is 0 Å². The van der Waals surface area contributed by atoms with Gasteiger partial charge in [-0.3, -0.25) is 19.3 Å². The van der Waals surface area contributed by atoms with E-state index < -0.39 is 72.9 Å². The van der Waals surface area contributed by atoms with Crippen LogP contribution in [0.5, 0.6) is 0 Å². The smallest absolute Gasteiger partial charge is 0.325 e.